The van der Waals surface area contributed by atoms with Crippen molar-refractivity contribution in [3.8, 4) is 23.3 Å². The Hall–Kier alpha value is -2.44. The van der Waals surface area contributed by atoms with Crippen LogP contribution in [0.4, 0.5) is 0 Å². The molecule has 0 aromatic heterocycles. The summed E-state index contributed by atoms with van der Waals surface area (Å²) in [6.07, 6.45) is 0. The lowest BCUT2D eigenvalue weighted by atomic mass is 10.2. The summed E-state index contributed by atoms with van der Waals surface area (Å²) < 4.78 is 5.69. The summed E-state index contributed by atoms with van der Waals surface area (Å²) in [4.78, 5) is 0. The first-order valence-electron chi connectivity index (χ1n) is 5.89. The Morgan fingerprint density at radius 1 is 1.00 bits per heavy atom. The maximum atomic E-state index is 9.20. The minimum absolute atomic E-state index is 0.174. The highest BCUT2D eigenvalue weighted by molar-refractivity contribution is 5.46. The van der Waals surface area contributed by atoms with Crippen molar-refractivity contribution >= 4 is 0 Å². The zero-order chi connectivity index (χ0) is 13.5. The summed E-state index contributed by atoms with van der Waals surface area (Å²) in [6, 6.07) is 14.3. The highest BCUT2D eigenvalue weighted by Crippen LogP contribution is 2.19. The van der Waals surface area contributed by atoms with Crippen LogP contribution in [0, 0.1) is 11.8 Å². The second kappa shape index (κ2) is 6.48. The molecule has 0 aliphatic carbocycles. The number of phenolic OH excluding ortho intramolecular Hbond substituents is 1. The van der Waals surface area contributed by atoms with Gasteiger partial charge in [0.1, 0.15) is 24.7 Å². The molecule has 3 heteroatoms. The van der Waals surface area contributed by atoms with Crippen LogP contribution < -0.4 is 4.74 Å². The van der Waals surface area contributed by atoms with Crippen LogP contribution in [-0.2, 0) is 6.61 Å². The zero-order valence-electron chi connectivity index (χ0n) is 10.3. The molecule has 0 atom stereocenters. The fourth-order valence-electron chi connectivity index (χ4n) is 1.58. The van der Waals surface area contributed by atoms with E-state index in [0.29, 0.717) is 12.4 Å². The molecular weight excluding hydrogens is 240 g/mol. The standard InChI is InChI=1S/C16H14O3/c17-11-3-5-14-4-1-2-6-16(14)19-12-13-7-9-15(18)10-8-13/h1-2,4,6-10,17-18H,11-12H2. The highest BCUT2D eigenvalue weighted by Gasteiger charge is 2.01. The Balaban J connectivity index is 2.09. The Labute approximate surface area is 112 Å². The predicted molar refractivity (Wildman–Crippen MR) is 72.8 cm³/mol. The van der Waals surface area contributed by atoms with E-state index in [0.717, 1.165) is 11.1 Å². The maximum absolute atomic E-state index is 9.20. The summed E-state index contributed by atoms with van der Waals surface area (Å²) in [6.45, 7) is 0.227. The van der Waals surface area contributed by atoms with E-state index < -0.39 is 0 Å². The van der Waals surface area contributed by atoms with Crippen LogP contribution >= 0.6 is 0 Å². The number of aliphatic hydroxyl groups excluding tert-OH is 1. The van der Waals surface area contributed by atoms with Crippen molar-refractivity contribution in [3.05, 3.63) is 59.7 Å². The topological polar surface area (TPSA) is 49.7 Å². The number of rotatable bonds is 3. The van der Waals surface area contributed by atoms with Gasteiger partial charge < -0.3 is 14.9 Å². The molecule has 2 aromatic rings. The van der Waals surface area contributed by atoms with Crippen molar-refractivity contribution in [2.24, 2.45) is 0 Å². The Morgan fingerprint density at radius 3 is 2.47 bits per heavy atom. The lowest BCUT2D eigenvalue weighted by Crippen LogP contribution is -1.97. The van der Waals surface area contributed by atoms with Gasteiger partial charge in [0.25, 0.3) is 0 Å². The van der Waals surface area contributed by atoms with Gasteiger partial charge in [0.2, 0.25) is 0 Å². The molecular formula is C16H14O3. The molecule has 0 spiro atoms. The molecule has 0 saturated heterocycles. The third-order valence-corrected chi connectivity index (χ3v) is 2.52. The van der Waals surface area contributed by atoms with Crippen molar-refractivity contribution < 1.29 is 14.9 Å². The van der Waals surface area contributed by atoms with Gasteiger partial charge in [-0.2, -0.15) is 0 Å². The lowest BCUT2D eigenvalue weighted by Gasteiger charge is -2.08. The average Bonchev–Trinajstić information content (AvgIpc) is 2.45. The molecule has 2 aromatic carbocycles. The molecule has 0 aliphatic heterocycles. The highest BCUT2D eigenvalue weighted by atomic mass is 16.5. The number of phenols is 1. The molecule has 2 rings (SSSR count). The summed E-state index contributed by atoms with van der Waals surface area (Å²) in [5, 5.41) is 17.9. The van der Waals surface area contributed by atoms with Gasteiger partial charge in [-0.1, -0.05) is 36.1 Å². The van der Waals surface area contributed by atoms with Crippen molar-refractivity contribution in [1.82, 2.24) is 0 Å². The van der Waals surface area contributed by atoms with Crippen molar-refractivity contribution in [2.75, 3.05) is 6.61 Å². The molecule has 0 fully saturated rings. The van der Waals surface area contributed by atoms with Crippen molar-refractivity contribution in [1.29, 1.82) is 0 Å². The van der Waals surface area contributed by atoms with E-state index in [1.54, 1.807) is 24.3 Å². The molecule has 0 amide bonds. The molecule has 3 nitrogen and oxygen atoms in total. The molecule has 2 N–H and O–H groups in total. The van der Waals surface area contributed by atoms with Crippen LogP contribution in [0.15, 0.2) is 48.5 Å². The number of para-hydroxylation sites is 1. The zero-order valence-corrected chi connectivity index (χ0v) is 10.3. The van der Waals surface area contributed by atoms with Gasteiger partial charge in [0.15, 0.2) is 0 Å². The molecule has 0 radical (unpaired) electrons. The third-order valence-electron chi connectivity index (χ3n) is 2.52. The number of aliphatic hydroxyl groups is 1. The maximum Gasteiger partial charge on any atom is 0.135 e. The minimum atomic E-state index is -0.174. The Morgan fingerprint density at radius 2 is 1.74 bits per heavy atom. The summed E-state index contributed by atoms with van der Waals surface area (Å²) in [7, 11) is 0. The Bertz CT molecular complexity index is 591. The quantitative estimate of drug-likeness (QED) is 0.826. The van der Waals surface area contributed by atoms with Gasteiger partial charge >= 0.3 is 0 Å². The van der Waals surface area contributed by atoms with E-state index >= 15 is 0 Å². The molecule has 96 valence electrons. The van der Waals surface area contributed by atoms with Crippen LogP contribution in [0.3, 0.4) is 0 Å². The summed E-state index contributed by atoms with van der Waals surface area (Å²) in [5.74, 6) is 6.36. The molecule has 0 unspecified atom stereocenters. The smallest absolute Gasteiger partial charge is 0.135 e. The van der Waals surface area contributed by atoms with E-state index in [-0.39, 0.29) is 12.4 Å². The van der Waals surface area contributed by atoms with Gasteiger partial charge in [0, 0.05) is 0 Å². The van der Waals surface area contributed by atoms with E-state index in [2.05, 4.69) is 11.8 Å². The number of benzene rings is 2. The van der Waals surface area contributed by atoms with Crippen LogP contribution in [0.1, 0.15) is 11.1 Å². The largest absolute Gasteiger partial charge is 0.508 e. The van der Waals surface area contributed by atoms with Gasteiger partial charge in [-0.05, 0) is 29.8 Å². The van der Waals surface area contributed by atoms with E-state index in [9.17, 15) is 5.11 Å². The van der Waals surface area contributed by atoms with Crippen LogP contribution in [0.2, 0.25) is 0 Å². The van der Waals surface area contributed by atoms with Crippen LogP contribution in [-0.4, -0.2) is 16.8 Å². The minimum Gasteiger partial charge on any atom is -0.508 e. The monoisotopic (exact) mass is 254 g/mol. The first kappa shape index (κ1) is 13.0. The lowest BCUT2D eigenvalue weighted by molar-refractivity contribution is 0.305. The predicted octanol–water partition coefficient (Wildman–Crippen LogP) is 2.31. The van der Waals surface area contributed by atoms with E-state index in [1.807, 2.05) is 24.3 Å². The first-order chi connectivity index (χ1) is 9.29. The fraction of sp³-hybridized carbons (Fsp3) is 0.125. The van der Waals surface area contributed by atoms with Gasteiger partial charge in [-0.15, -0.1) is 0 Å². The van der Waals surface area contributed by atoms with E-state index in [4.69, 9.17) is 9.84 Å². The average molecular weight is 254 g/mol. The number of aromatic hydroxyl groups is 1. The molecule has 0 saturated carbocycles. The van der Waals surface area contributed by atoms with E-state index in [1.165, 1.54) is 0 Å². The first-order valence-corrected chi connectivity index (χ1v) is 5.89. The Kier molecular flexibility index (Phi) is 4.44. The van der Waals surface area contributed by atoms with Gasteiger partial charge in [-0.25, -0.2) is 0 Å². The number of hydrogen-bond donors (Lipinski definition) is 2. The molecule has 0 bridgehead atoms. The summed E-state index contributed by atoms with van der Waals surface area (Å²) >= 11 is 0. The van der Waals surface area contributed by atoms with Crippen LogP contribution in [0.5, 0.6) is 11.5 Å². The van der Waals surface area contributed by atoms with Gasteiger partial charge in [0.05, 0.1) is 5.56 Å². The summed E-state index contributed by atoms with van der Waals surface area (Å²) in [5.41, 5.74) is 1.71. The second-order valence-electron chi connectivity index (χ2n) is 3.91. The SMILES string of the molecule is OCC#Cc1ccccc1OCc1ccc(O)cc1. The van der Waals surface area contributed by atoms with Crippen molar-refractivity contribution in [2.45, 2.75) is 6.61 Å². The number of hydrogen-bond acceptors (Lipinski definition) is 3. The van der Waals surface area contributed by atoms with Crippen molar-refractivity contribution in [3.63, 3.8) is 0 Å². The molecule has 19 heavy (non-hydrogen) atoms. The van der Waals surface area contributed by atoms with Gasteiger partial charge in [-0.3, -0.25) is 0 Å². The fourth-order valence-corrected chi connectivity index (χ4v) is 1.58. The third kappa shape index (κ3) is 3.77. The molecule has 0 heterocycles. The molecule has 0 aliphatic rings. The number of ether oxygens (including phenoxy) is 1. The van der Waals surface area contributed by atoms with Crippen LogP contribution in [0.25, 0.3) is 0 Å². The normalized spacial score (nSPS) is 9.53. The second-order valence-corrected chi connectivity index (χ2v) is 3.91.